The van der Waals surface area contributed by atoms with E-state index < -0.39 is 0 Å². The lowest BCUT2D eigenvalue weighted by Gasteiger charge is -2.07. The van der Waals surface area contributed by atoms with Gasteiger partial charge in [-0.3, -0.25) is 0 Å². The van der Waals surface area contributed by atoms with Crippen LogP contribution in [0, 0.1) is 0 Å². The molecule has 0 N–H and O–H groups in total. The Labute approximate surface area is 57.5 Å². The average Bonchev–Trinajstić information content (AvgIpc) is 1.72. The third-order valence-corrected chi connectivity index (χ3v) is 2.44. The molecule has 0 aliphatic carbocycles. The molecule has 1 aliphatic heterocycles. The van der Waals surface area contributed by atoms with Gasteiger partial charge in [-0.05, 0) is 12.5 Å². The van der Waals surface area contributed by atoms with Crippen LogP contribution in [0.2, 0.25) is 6.04 Å². The highest BCUT2D eigenvalue weighted by Crippen LogP contribution is 2.01. The van der Waals surface area contributed by atoms with E-state index in [9.17, 15) is 0 Å². The Balaban J connectivity index is 0.000000360. The van der Waals surface area contributed by atoms with E-state index in [-0.39, 0.29) is 27.1 Å². The van der Waals surface area contributed by atoms with Crippen molar-refractivity contribution in [3.05, 3.63) is 0 Å². The molecule has 1 rings (SSSR count). The molecule has 0 aromatic carbocycles. The van der Waals surface area contributed by atoms with Gasteiger partial charge in [0.1, 0.15) is 0 Å². The molecule has 0 unspecified atom stereocenters. The summed E-state index contributed by atoms with van der Waals surface area (Å²) in [6.45, 7) is 1.06. The molecule has 0 saturated carbocycles. The third-order valence-electron chi connectivity index (χ3n) is 1.08. The molecule has 1 fully saturated rings. The standard InChI is InChI=1S/C4H10OSi.Al.3H/c1-2-4-6-5-3-1;;;;/h1-4,6H2;;;;. The molecule has 0 aromatic rings. The Kier molecular flexibility index (Phi) is 5.35. The van der Waals surface area contributed by atoms with Gasteiger partial charge in [0.05, 0.1) is 0 Å². The first-order valence-corrected chi connectivity index (χ1v) is 4.15. The van der Waals surface area contributed by atoms with Crippen molar-refractivity contribution in [2.24, 2.45) is 0 Å². The van der Waals surface area contributed by atoms with Gasteiger partial charge in [0.25, 0.3) is 0 Å². The first kappa shape index (κ1) is 7.71. The van der Waals surface area contributed by atoms with Crippen LogP contribution in [0.3, 0.4) is 0 Å². The smallest absolute Gasteiger partial charge is 0.187 e. The largest absolute Gasteiger partial charge is 0.424 e. The topological polar surface area (TPSA) is 9.23 Å². The zero-order valence-corrected chi connectivity index (χ0v) is 5.36. The van der Waals surface area contributed by atoms with Crippen molar-refractivity contribution < 1.29 is 4.43 Å². The van der Waals surface area contributed by atoms with E-state index in [0.717, 1.165) is 6.61 Å². The van der Waals surface area contributed by atoms with Crippen LogP contribution < -0.4 is 0 Å². The lowest BCUT2D eigenvalue weighted by Crippen LogP contribution is -2.06. The van der Waals surface area contributed by atoms with Crippen LogP contribution in [0.4, 0.5) is 0 Å². The van der Waals surface area contributed by atoms with Gasteiger partial charge >= 0.3 is 0 Å². The molecule has 0 aromatic heterocycles. The summed E-state index contributed by atoms with van der Waals surface area (Å²) in [6.07, 6.45) is 2.75. The molecule has 0 radical (unpaired) electrons. The van der Waals surface area contributed by atoms with Gasteiger partial charge in [0, 0.05) is 6.61 Å². The fourth-order valence-electron chi connectivity index (χ4n) is 0.687. The van der Waals surface area contributed by atoms with Crippen molar-refractivity contribution in [2.75, 3.05) is 6.61 Å². The van der Waals surface area contributed by atoms with Crippen LogP contribution >= 0.6 is 0 Å². The fourth-order valence-corrected chi connectivity index (χ4v) is 1.86. The molecule has 0 spiro atoms. The van der Waals surface area contributed by atoms with Crippen molar-refractivity contribution >= 4 is 27.1 Å². The molecule has 0 bridgehead atoms. The second-order valence-corrected chi connectivity index (χ2v) is 3.20. The monoisotopic (exact) mass is 132 g/mol. The first-order valence-electron chi connectivity index (χ1n) is 2.58. The Hall–Kier alpha value is 0.709. The quantitative estimate of drug-likeness (QED) is 0.389. The molecule has 7 heavy (non-hydrogen) atoms. The van der Waals surface area contributed by atoms with Crippen LogP contribution in [0.1, 0.15) is 12.8 Å². The maximum absolute atomic E-state index is 5.21. The van der Waals surface area contributed by atoms with Gasteiger partial charge in [-0.1, -0.05) is 6.42 Å². The van der Waals surface area contributed by atoms with E-state index in [1.54, 1.807) is 0 Å². The van der Waals surface area contributed by atoms with Gasteiger partial charge < -0.3 is 4.43 Å². The zero-order chi connectivity index (χ0) is 4.24. The summed E-state index contributed by atoms with van der Waals surface area (Å²) in [5.74, 6) is 0. The normalized spacial score (nSPS) is 24.0. The van der Waals surface area contributed by atoms with E-state index >= 15 is 0 Å². The number of hydrogen-bond acceptors (Lipinski definition) is 1. The van der Waals surface area contributed by atoms with Crippen molar-refractivity contribution in [1.29, 1.82) is 0 Å². The van der Waals surface area contributed by atoms with E-state index in [1.807, 2.05) is 0 Å². The molecule has 42 valence electrons. The van der Waals surface area contributed by atoms with Crippen LogP contribution in [0.15, 0.2) is 0 Å². The molecule has 0 amide bonds. The van der Waals surface area contributed by atoms with Crippen LogP contribution in [-0.4, -0.2) is 33.7 Å². The van der Waals surface area contributed by atoms with E-state index in [4.69, 9.17) is 4.43 Å². The average molecular weight is 132 g/mol. The van der Waals surface area contributed by atoms with Crippen molar-refractivity contribution in [3.63, 3.8) is 0 Å². The van der Waals surface area contributed by atoms with Gasteiger partial charge in [0.15, 0.2) is 27.1 Å². The maximum Gasteiger partial charge on any atom is 0.187 e. The Bertz CT molecular complexity index is 27.2. The molecule has 3 heteroatoms. The summed E-state index contributed by atoms with van der Waals surface area (Å²) in [5, 5.41) is 0. The minimum Gasteiger partial charge on any atom is -0.424 e. The summed E-state index contributed by atoms with van der Waals surface area (Å²) in [5.41, 5.74) is 0. The lowest BCUT2D eigenvalue weighted by atomic mass is 10.4. The summed E-state index contributed by atoms with van der Waals surface area (Å²) in [7, 11) is 0.00849. The van der Waals surface area contributed by atoms with Gasteiger partial charge in [-0.25, -0.2) is 0 Å². The summed E-state index contributed by atoms with van der Waals surface area (Å²) in [6, 6.07) is 1.42. The SMILES string of the molecule is C1CC[SiH2]OC1.[AlH3]. The van der Waals surface area contributed by atoms with Gasteiger partial charge in [-0.15, -0.1) is 0 Å². The van der Waals surface area contributed by atoms with E-state index in [1.165, 1.54) is 18.9 Å². The Morgan fingerprint density at radius 1 is 1.29 bits per heavy atom. The van der Waals surface area contributed by atoms with Crippen molar-refractivity contribution in [3.8, 4) is 0 Å². The maximum atomic E-state index is 5.21. The molecule has 0 atom stereocenters. The molecule has 1 saturated heterocycles. The summed E-state index contributed by atoms with van der Waals surface area (Å²) in [4.78, 5) is 0. The molecule has 1 nitrogen and oxygen atoms in total. The second-order valence-electron chi connectivity index (χ2n) is 1.67. The highest BCUT2D eigenvalue weighted by atomic mass is 28.2. The van der Waals surface area contributed by atoms with Crippen molar-refractivity contribution in [1.82, 2.24) is 0 Å². The van der Waals surface area contributed by atoms with Crippen LogP contribution in [0.5, 0.6) is 0 Å². The predicted octanol–water partition coefficient (Wildman–Crippen LogP) is -0.885. The molecular formula is C4H13AlOSi. The zero-order valence-electron chi connectivity index (χ0n) is 3.94. The highest BCUT2D eigenvalue weighted by Gasteiger charge is 1.96. The van der Waals surface area contributed by atoms with Crippen molar-refractivity contribution in [2.45, 2.75) is 18.9 Å². The highest BCUT2D eigenvalue weighted by molar-refractivity contribution is 6.27. The fraction of sp³-hybridized carbons (Fsp3) is 1.00. The minimum atomic E-state index is 0. The minimum absolute atomic E-state index is 0. The molecular weight excluding hydrogens is 119 g/mol. The molecule has 1 aliphatic rings. The van der Waals surface area contributed by atoms with Crippen LogP contribution in [-0.2, 0) is 4.43 Å². The predicted molar refractivity (Wildman–Crippen MR) is 38.5 cm³/mol. The Morgan fingerprint density at radius 3 is 2.29 bits per heavy atom. The third kappa shape index (κ3) is 3.31. The van der Waals surface area contributed by atoms with Gasteiger partial charge in [-0.2, -0.15) is 0 Å². The van der Waals surface area contributed by atoms with E-state index in [2.05, 4.69) is 0 Å². The number of rotatable bonds is 0. The summed E-state index contributed by atoms with van der Waals surface area (Å²) < 4.78 is 5.21. The van der Waals surface area contributed by atoms with Gasteiger partial charge in [0.2, 0.25) is 0 Å². The van der Waals surface area contributed by atoms with E-state index in [0.29, 0.717) is 0 Å². The second kappa shape index (κ2) is 4.86. The Morgan fingerprint density at radius 2 is 2.14 bits per heavy atom. The lowest BCUT2D eigenvalue weighted by molar-refractivity contribution is 0.304. The molecule has 1 heterocycles. The first-order chi connectivity index (χ1) is 3.00. The number of hydrogen-bond donors (Lipinski definition) is 0. The summed E-state index contributed by atoms with van der Waals surface area (Å²) >= 11 is 0. The van der Waals surface area contributed by atoms with Crippen LogP contribution in [0.25, 0.3) is 0 Å².